The van der Waals surface area contributed by atoms with Crippen LogP contribution in [0.1, 0.15) is 196 Å². The summed E-state index contributed by atoms with van der Waals surface area (Å²) in [5.41, 5.74) is 1.46. The predicted molar refractivity (Wildman–Crippen MR) is 258 cm³/mol. The Morgan fingerprint density at radius 1 is 0.606 bits per heavy atom. The number of fused-ring (bicyclic) bond motifs is 7. The zero-order chi connectivity index (χ0) is 47.8. The van der Waals surface area contributed by atoms with Crippen molar-refractivity contribution in [1.29, 1.82) is 0 Å². The van der Waals surface area contributed by atoms with Crippen LogP contribution in [0, 0.1) is 68.5 Å². The van der Waals surface area contributed by atoms with Crippen LogP contribution in [0.5, 0.6) is 0 Å². The van der Waals surface area contributed by atoms with E-state index in [1.807, 2.05) is 6.92 Å². The Bertz CT molecular complexity index is 1530. The lowest BCUT2D eigenvalue weighted by Gasteiger charge is -2.73. The van der Waals surface area contributed by atoms with Gasteiger partial charge in [0, 0.05) is 0 Å². The van der Waals surface area contributed by atoms with E-state index in [0.717, 1.165) is 56.3 Å². The lowest BCUT2D eigenvalue weighted by Crippen LogP contribution is -2.65. The summed E-state index contributed by atoms with van der Waals surface area (Å²) in [5.74, 6) is 3.26. The molecule has 7 aliphatic rings. The molecular weight excluding hydrogens is 835 g/mol. The van der Waals surface area contributed by atoms with Crippen molar-refractivity contribution in [3.8, 4) is 0 Å². The smallest absolute Gasteiger partial charge is 0.176 e. The number of aliphatic hydroxyl groups is 8. The minimum absolute atomic E-state index is 0.125. The van der Waals surface area contributed by atoms with Crippen molar-refractivity contribution >= 4 is 0 Å². The number of unbranched alkanes of at least 4 members (excludes halogenated alkanes) is 5. The molecule has 384 valence electrons. The van der Waals surface area contributed by atoms with Gasteiger partial charge in [-0.15, -0.1) is 0 Å². The van der Waals surface area contributed by atoms with Gasteiger partial charge in [-0.05, 0) is 146 Å². The summed E-state index contributed by atoms with van der Waals surface area (Å²) in [7, 11) is 0. The SMILES string of the molecule is CC(C1CC[C@]2(C)[C@H]3CC[C@@H]4[C@@]5(C)CCCC(C)(C)[C@@H]5CC[C@@]4(C)[C@]3(C)CC[C@@H]12)[C@@H](O)[C@@H](O)[C@@H](O)[C@@H](O)[C@@H](O)CO[C@H]1O[C@H](CO)[C@@H](O)[C@H](O)[C@@H]1NCCCCCCCCC1CCCCC1. The van der Waals surface area contributed by atoms with Gasteiger partial charge < -0.3 is 55.6 Å². The Balaban J connectivity index is 0.895. The molecule has 7 fully saturated rings. The van der Waals surface area contributed by atoms with E-state index < -0.39 is 74.4 Å². The Kier molecular flexibility index (Phi) is 17.6. The highest BCUT2D eigenvalue weighted by atomic mass is 16.7. The van der Waals surface area contributed by atoms with Gasteiger partial charge in [-0.2, -0.15) is 0 Å². The first-order valence-electron chi connectivity index (χ1n) is 27.6. The maximum Gasteiger partial charge on any atom is 0.176 e. The highest BCUT2D eigenvalue weighted by Gasteiger charge is 2.70. The van der Waals surface area contributed by atoms with Crippen molar-refractivity contribution in [1.82, 2.24) is 5.32 Å². The average Bonchev–Trinajstić information content (AvgIpc) is 3.65. The second kappa shape index (κ2) is 21.7. The molecule has 20 atom stereocenters. The quantitative estimate of drug-likeness (QED) is 0.0546. The van der Waals surface area contributed by atoms with Gasteiger partial charge >= 0.3 is 0 Å². The van der Waals surface area contributed by atoms with Gasteiger partial charge in [-0.25, -0.2) is 0 Å². The molecule has 66 heavy (non-hydrogen) atoms. The van der Waals surface area contributed by atoms with Crippen molar-refractivity contribution in [2.45, 2.75) is 257 Å². The molecule has 0 aromatic carbocycles. The summed E-state index contributed by atoms with van der Waals surface area (Å²) in [5, 5.41) is 91.6. The van der Waals surface area contributed by atoms with Crippen molar-refractivity contribution in [2.75, 3.05) is 19.8 Å². The van der Waals surface area contributed by atoms with Crippen LogP contribution in [0.2, 0.25) is 0 Å². The number of hydrogen-bond donors (Lipinski definition) is 9. The third-order valence-corrected chi connectivity index (χ3v) is 21.9. The van der Waals surface area contributed by atoms with E-state index >= 15 is 0 Å². The number of hydrogen-bond acceptors (Lipinski definition) is 11. The molecule has 1 saturated heterocycles. The molecule has 11 nitrogen and oxygen atoms in total. The fourth-order valence-corrected chi connectivity index (χ4v) is 17.9. The van der Waals surface area contributed by atoms with Crippen molar-refractivity contribution in [3.63, 3.8) is 0 Å². The second-order valence-corrected chi connectivity index (χ2v) is 25.6. The van der Waals surface area contributed by atoms with Crippen LogP contribution in [-0.4, -0.2) is 122 Å². The Morgan fingerprint density at radius 3 is 1.91 bits per heavy atom. The summed E-state index contributed by atoms with van der Waals surface area (Å²) in [4.78, 5) is 0. The molecule has 2 unspecified atom stereocenters. The first kappa shape index (κ1) is 53.4. The molecule has 11 heteroatoms. The molecule has 0 bridgehead atoms. The normalized spacial score (nSPS) is 44.2. The highest BCUT2D eigenvalue weighted by molar-refractivity contribution is 5.19. The predicted octanol–water partition coefficient (Wildman–Crippen LogP) is 7.64. The van der Waals surface area contributed by atoms with Crippen molar-refractivity contribution in [2.24, 2.45) is 68.5 Å². The van der Waals surface area contributed by atoms with E-state index in [4.69, 9.17) is 9.47 Å². The number of ether oxygens (including phenoxy) is 2. The third kappa shape index (κ3) is 10.1. The van der Waals surface area contributed by atoms with Gasteiger partial charge in [0.2, 0.25) is 0 Å². The summed E-state index contributed by atoms with van der Waals surface area (Å²) in [6.45, 7) is 17.0. The molecule has 0 aromatic rings. The lowest BCUT2D eigenvalue weighted by molar-refractivity contribution is -0.278. The molecule has 0 amide bonds. The fourth-order valence-electron chi connectivity index (χ4n) is 17.9. The van der Waals surface area contributed by atoms with Gasteiger partial charge in [-0.3, -0.25) is 0 Å². The van der Waals surface area contributed by atoms with Gasteiger partial charge in [0.05, 0.1) is 25.4 Å². The lowest BCUT2D eigenvalue weighted by atomic mass is 9.32. The van der Waals surface area contributed by atoms with Gasteiger partial charge in [0.25, 0.3) is 0 Å². The largest absolute Gasteiger partial charge is 0.394 e. The van der Waals surface area contributed by atoms with E-state index in [9.17, 15) is 40.9 Å². The van der Waals surface area contributed by atoms with Crippen molar-refractivity contribution < 1.29 is 50.3 Å². The Labute approximate surface area is 400 Å². The fraction of sp³-hybridized carbons (Fsp3) is 1.00. The molecule has 1 heterocycles. The third-order valence-electron chi connectivity index (χ3n) is 21.9. The van der Waals surface area contributed by atoms with E-state index in [2.05, 4.69) is 46.9 Å². The zero-order valence-electron chi connectivity index (χ0n) is 42.6. The molecular formula is C55H99NO10. The van der Waals surface area contributed by atoms with E-state index in [1.54, 1.807) is 0 Å². The minimum atomic E-state index is -1.86. The average molecular weight is 934 g/mol. The summed E-state index contributed by atoms with van der Waals surface area (Å²) < 4.78 is 11.7. The summed E-state index contributed by atoms with van der Waals surface area (Å²) >= 11 is 0. The van der Waals surface area contributed by atoms with Crippen LogP contribution in [0.3, 0.4) is 0 Å². The zero-order valence-corrected chi connectivity index (χ0v) is 42.6. The van der Waals surface area contributed by atoms with E-state index in [1.165, 1.54) is 109 Å². The molecule has 9 N–H and O–H groups in total. The first-order valence-corrected chi connectivity index (χ1v) is 27.6. The number of nitrogens with one attached hydrogen (secondary N) is 1. The molecule has 0 aromatic heterocycles. The summed E-state index contributed by atoms with van der Waals surface area (Å²) in [6, 6.07) is -0.879. The summed E-state index contributed by atoms with van der Waals surface area (Å²) in [6.07, 6.45) is 15.2. The Hall–Kier alpha value is -0.440. The molecule has 1 aliphatic heterocycles. The number of rotatable bonds is 20. The maximum atomic E-state index is 11.7. The minimum Gasteiger partial charge on any atom is -0.394 e. The van der Waals surface area contributed by atoms with E-state index in [0.29, 0.717) is 34.6 Å². The molecule has 0 spiro atoms. The second-order valence-electron chi connectivity index (χ2n) is 25.6. The van der Waals surface area contributed by atoms with Gasteiger partial charge in [0.15, 0.2) is 6.29 Å². The topological polar surface area (TPSA) is 192 Å². The van der Waals surface area contributed by atoms with Crippen molar-refractivity contribution in [3.05, 3.63) is 0 Å². The van der Waals surface area contributed by atoms with Gasteiger partial charge in [-0.1, -0.05) is 126 Å². The molecule has 6 saturated carbocycles. The van der Waals surface area contributed by atoms with Crippen LogP contribution in [0.4, 0.5) is 0 Å². The molecule has 7 rings (SSSR count). The van der Waals surface area contributed by atoms with Crippen LogP contribution in [0.25, 0.3) is 0 Å². The van der Waals surface area contributed by atoms with E-state index in [-0.39, 0.29) is 22.7 Å². The standard InChI is InChI=1S/C55H99NO10/c1-34(36-23-28-52(4)37(36)24-29-54(6)41(52)21-22-42-53(5)27-17-26-51(2,3)40(53)25-30-55(42,54)7)44(59)48(63)49(64)45(60)38(58)33-65-50-43(47(62)46(61)39(32-57)66-50)56-31-16-11-9-8-10-13-18-35-19-14-12-15-20-35/h34-50,56-64H,8-33H2,1-7H3/t34?,36?,37-,38-,39+,40-,41+,42+,43-,44+,45-,46+,47+,48+,49-,50-,52-,53-,54+,55+/m0/s1. The Morgan fingerprint density at radius 2 is 1.23 bits per heavy atom. The monoisotopic (exact) mass is 934 g/mol. The van der Waals surface area contributed by atoms with Crippen LogP contribution < -0.4 is 5.32 Å². The molecule has 6 aliphatic carbocycles. The van der Waals surface area contributed by atoms with Crippen LogP contribution >= 0.6 is 0 Å². The molecule has 0 radical (unpaired) electrons. The number of aliphatic hydroxyl groups excluding tert-OH is 8. The van der Waals surface area contributed by atoms with Gasteiger partial charge in [0.1, 0.15) is 42.7 Å². The maximum absolute atomic E-state index is 11.7. The van der Waals surface area contributed by atoms with Crippen LogP contribution in [-0.2, 0) is 9.47 Å². The van der Waals surface area contributed by atoms with Crippen LogP contribution in [0.15, 0.2) is 0 Å². The highest BCUT2D eigenvalue weighted by Crippen LogP contribution is 2.78. The first-order chi connectivity index (χ1) is 31.2.